The third-order valence-electron chi connectivity index (χ3n) is 3.15. The van der Waals surface area contributed by atoms with E-state index in [0.717, 1.165) is 46.1 Å². The van der Waals surface area contributed by atoms with E-state index in [4.69, 9.17) is 4.74 Å². The second-order valence-corrected chi connectivity index (χ2v) is 5.60. The number of para-hydroxylation sites is 1. The molecular formula is C16H20BrN3O. The first kappa shape index (κ1) is 15.8. The molecule has 0 unspecified atom stereocenters. The number of aryl methyl sites for hydroxylation is 1. The Morgan fingerprint density at radius 1 is 1.24 bits per heavy atom. The number of hydrogen-bond donors (Lipinski definition) is 1. The Morgan fingerprint density at radius 3 is 2.71 bits per heavy atom. The zero-order chi connectivity index (χ0) is 15.2. The highest BCUT2D eigenvalue weighted by Crippen LogP contribution is 2.25. The van der Waals surface area contributed by atoms with Gasteiger partial charge in [-0.25, -0.2) is 9.97 Å². The van der Waals surface area contributed by atoms with Crippen LogP contribution in [-0.2, 0) is 6.42 Å². The number of ether oxygens (including phenoxy) is 1. The fraction of sp³-hybridized carbons (Fsp3) is 0.375. The van der Waals surface area contributed by atoms with Gasteiger partial charge in [-0.05, 0) is 35.3 Å². The third kappa shape index (κ3) is 3.94. The molecule has 5 heteroatoms. The molecule has 0 spiro atoms. The normalized spacial score (nSPS) is 10.5. The summed E-state index contributed by atoms with van der Waals surface area (Å²) < 4.78 is 6.32. The van der Waals surface area contributed by atoms with Gasteiger partial charge in [-0.2, -0.15) is 0 Å². The van der Waals surface area contributed by atoms with Crippen molar-refractivity contribution in [2.24, 2.45) is 0 Å². The van der Waals surface area contributed by atoms with Crippen LogP contribution in [0.2, 0.25) is 0 Å². The van der Waals surface area contributed by atoms with Crippen LogP contribution in [0.25, 0.3) is 0 Å². The van der Waals surface area contributed by atoms with Crippen LogP contribution in [0.3, 0.4) is 0 Å². The van der Waals surface area contributed by atoms with Gasteiger partial charge in [0.2, 0.25) is 0 Å². The maximum absolute atomic E-state index is 5.39. The maximum Gasteiger partial charge on any atom is 0.144 e. The van der Waals surface area contributed by atoms with Crippen molar-refractivity contribution in [3.63, 3.8) is 0 Å². The number of hydrogen-bond acceptors (Lipinski definition) is 4. The topological polar surface area (TPSA) is 47.0 Å². The maximum atomic E-state index is 5.39. The van der Waals surface area contributed by atoms with Crippen molar-refractivity contribution >= 4 is 21.7 Å². The highest BCUT2D eigenvalue weighted by molar-refractivity contribution is 9.10. The summed E-state index contributed by atoms with van der Waals surface area (Å²) in [5, 5.41) is 3.33. The lowest BCUT2D eigenvalue weighted by atomic mass is 10.1. The lowest BCUT2D eigenvalue weighted by Crippen LogP contribution is -2.08. The van der Waals surface area contributed by atoms with Crippen LogP contribution in [0, 0.1) is 6.92 Å². The van der Waals surface area contributed by atoms with E-state index in [2.05, 4.69) is 38.1 Å². The molecule has 0 aliphatic rings. The van der Waals surface area contributed by atoms with Gasteiger partial charge in [-0.1, -0.05) is 25.1 Å². The van der Waals surface area contributed by atoms with Crippen molar-refractivity contribution in [1.29, 1.82) is 0 Å². The molecule has 0 radical (unpaired) electrons. The molecule has 0 aliphatic carbocycles. The number of methoxy groups -OCH3 is 1. The van der Waals surface area contributed by atoms with Crippen LogP contribution in [0.1, 0.15) is 30.4 Å². The Hall–Kier alpha value is -1.62. The fourth-order valence-corrected chi connectivity index (χ4v) is 2.39. The van der Waals surface area contributed by atoms with Gasteiger partial charge < -0.3 is 10.1 Å². The van der Waals surface area contributed by atoms with Crippen LogP contribution < -0.4 is 10.1 Å². The predicted octanol–water partition coefficient (Wildman–Crippen LogP) is 3.97. The van der Waals surface area contributed by atoms with Gasteiger partial charge in [-0.15, -0.1) is 0 Å². The summed E-state index contributed by atoms with van der Waals surface area (Å²) in [6, 6.07) is 7.96. The number of benzene rings is 1. The van der Waals surface area contributed by atoms with E-state index >= 15 is 0 Å². The summed E-state index contributed by atoms with van der Waals surface area (Å²) in [6.45, 7) is 5.00. The molecule has 1 N–H and O–H groups in total. The van der Waals surface area contributed by atoms with Crippen molar-refractivity contribution in [2.75, 3.05) is 19.0 Å². The van der Waals surface area contributed by atoms with E-state index in [1.807, 2.05) is 31.2 Å². The van der Waals surface area contributed by atoms with Gasteiger partial charge in [0.15, 0.2) is 0 Å². The number of nitrogens with one attached hydrogen (secondary N) is 1. The Labute approximate surface area is 134 Å². The van der Waals surface area contributed by atoms with Crippen LogP contribution in [0.5, 0.6) is 5.75 Å². The minimum absolute atomic E-state index is 0.652. The molecule has 0 aliphatic heterocycles. The average molecular weight is 350 g/mol. The molecule has 2 aromatic rings. The van der Waals surface area contributed by atoms with Crippen molar-refractivity contribution in [3.8, 4) is 5.75 Å². The van der Waals surface area contributed by atoms with Crippen LogP contribution in [-0.4, -0.2) is 23.6 Å². The van der Waals surface area contributed by atoms with Crippen molar-refractivity contribution in [2.45, 2.75) is 26.7 Å². The van der Waals surface area contributed by atoms with Gasteiger partial charge in [0.25, 0.3) is 0 Å². The molecular weight excluding hydrogens is 330 g/mol. The summed E-state index contributed by atoms with van der Waals surface area (Å²) in [4.78, 5) is 9.18. The van der Waals surface area contributed by atoms with E-state index in [1.165, 1.54) is 0 Å². The van der Waals surface area contributed by atoms with Crippen LogP contribution in [0.4, 0.5) is 5.82 Å². The predicted molar refractivity (Wildman–Crippen MR) is 89.0 cm³/mol. The molecule has 4 nitrogen and oxygen atoms in total. The lowest BCUT2D eigenvalue weighted by molar-refractivity contribution is 0.410. The molecule has 0 saturated heterocycles. The molecule has 0 fully saturated rings. The fourth-order valence-electron chi connectivity index (χ4n) is 2.08. The zero-order valence-corrected chi connectivity index (χ0v) is 14.2. The molecule has 1 heterocycles. The lowest BCUT2D eigenvalue weighted by Gasteiger charge is -2.12. The first-order valence-corrected chi connectivity index (χ1v) is 7.83. The van der Waals surface area contributed by atoms with E-state index in [9.17, 15) is 0 Å². The molecule has 2 rings (SSSR count). The Morgan fingerprint density at radius 2 is 2.00 bits per heavy atom. The van der Waals surface area contributed by atoms with Gasteiger partial charge in [0, 0.05) is 18.5 Å². The highest BCUT2D eigenvalue weighted by atomic mass is 79.9. The second-order valence-electron chi connectivity index (χ2n) is 4.80. The van der Waals surface area contributed by atoms with E-state index in [1.54, 1.807) is 7.11 Å². The molecule has 21 heavy (non-hydrogen) atoms. The van der Waals surface area contributed by atoms with Crippen molar-refractivity contribution < 1.29 is 4.74 Å². The van der Waals surface area contributed by atoms with Crippen molar-refractivity contribution in [1.82, 2.24) is 9.97 Å². The average Bonchev–Trinajstić information content (AvgIpc) is 2.50. The highest BCUT2D eigenvalue weighted by Gasteiger charge is 2.11. The summed E-state index contributed by atoms with van der Waals surface area (Å²) in [5.74, 6) is 2.51. The molecule has 0 saturated carbocycles. The number of nitrogens with zero attached hydrogens (tertiary/aromatic N) is 2. The summed E-state index contributed by atoms with van der Waals surface area (Å²) >= 11 is 3.55. The molecule has 1 aromatic carbocycles. The molecule has 112 valence electrons. The number of aromatic nitrogens is 2. The summed E-state index contributed by atoms with van der Waals surface area (Å²) in [5.41, 5.74) is 2.02. The Kier molecular flexibility index (Phi) is 5.56. The minimum atomic E-state index is 0.652. The molecule has 0 bridgehead atoms. The van der Waals surface area contributed by atoms with E-state index < -0.39 is 0 Å². The Balaban J connectivity index is 2.29. The van der Waals surface area contributed by atoms with Gasteiger partial charge in [-0.3, -0.25) is 0 Å². The summed E-state index contributed by atoms with van der Waals surface area (Å²) in [6.07, 6.45) is 1.70. The smallest absolute Gasteiger partial charge is 0.144 e. The Bertz CT molecular complexity index is 616. The van der Waals surface area contributed by atoms with Crippen molar-refractivity contribution in [3.05, 3.63) is 45.8 Å². The third-order valence-corrected chi connectivity index (χ3v) is 4.10. The number of anilines is 1. The quantitative estimate of drug-likeness (QED) is 0.856. The monoisotopic (exact) mass is 349 g/mol. The van der Waals surface area contributed by atoms with Crippen LogP contribution >= 0.6 is 15.9 Å². The SMILES string of the molecule is CCCNc1nc(Cc2ccccc2OC)nc(C)c1Br. The molecule has 0 atom stereocenters. The van der Waals surface area contributed by atoms with Gasteiger partial charge in [0.1, 0.15) is 17.4 Å². The van der Waals surface area contributed by atoms with Gasteiger partial charge in [0.05, 0.1) is 17.3 Å². The first-order valence-electron chi connectivity index (χ1n) is 7.04. The zero-order valence-electron chi connectivity index (χ0n) is 12.6. The summed E-state index contributed by atoms with van der Waals surface area (Å²) in [7, 11) is 1.68. The number of rotatable bonds is 6. The number of halogens is 1. The van der Waals surface area contributed by atoms with Gasteiger partial charge >= 0.3 is 0 Å². The standard InChI is InChI=1S/C16H20BrN3O/c1-4-9-18-16-15(17)11(2)19-14(20-16)10-12-7-5-6-8-13(12)21-3/h5-8H,4,9-10H2,1-3H3,(H,18,19,20). The molecule has 1 aromatic heterocycles. The second kappa shape index (κ2) is 7.41. The van der Waals surface area contributed by atoms with Crippen LogP contribution in [0.15, 0.2) is 28.7 Å². The van der Waals surface area contributed by atoms with E-state index in [0.29, 0.717) is 6.42 Å². The largest absolute Gasteiger partial charge is 0.496 e. The van der Waals surface area contributed by atoms with E-state index in [-0.39, 0.29) is 0 Å². The first-order chi connectivity index (χ1) is 10.2. The molecule has 0 amide bonds. The minimum Gasteiger partial charge on any atom is -0.496 e.